The van der Waals surface area contributed by atoms with Gasteiger partial charge in [0.25, 0.3) is 0 Å². The zero-order valence-corrected chi connectivity index (χ0v) is 19.7. The fraction of sp³-hybridized carbons (Fsp3) is 0.391. The fourth-order valence-electron chi connectivity index (χ4n) is 4.29. The third-order valence-electron chi connectivity index (χ3n) is 5.66. The lowest BCUT2D eigenvalue weighted by Gasteiger charge is -2.20. The molecule has 1 aromatic heterocycles. The number of halogens is 2. The van der Waals surface area contributed by atoms with Crippen LogP contribution in [0, 0.1) is 5.82 Å². The van der Waals surface area contributed by atoms with E-state index in [1.807, 2.05) is 0 Å². The average Bonchev–Trinajstić information content (AvgIpc) is 3.34. The number of hydrogen-bond donors (Lipinski definition) is 0. The fourth-order valence-corrected chi connectivity index (χ4v) is 5.22. The number of aromatic nitrogens is 2. The molecule has 3 heterocycles. The highest BCUT2D eigenvalue weighted by Crippen LogP contribution is 2.34. The molecule has 33 heavy (non-hydrogen) atoms. The van der Waals surface area contributed by atoms with Crippen molar-refractivity contribution < 1.29 is 22.8 Å². The van der Waals surface area contributed by atoms with Gasteiger partial charge in [0, 0.05) is 52.3 Å². The van der Waals surface area contributed by atoms with Crippen molar-refractivity contribution in [3.63, 3.8) is 0 Å². The van der Waals surface area contributed by atoms with Gasteiger partial charge in [0.2, 0.25) is 0 Å². The molecule has 2 fully saturated rings. The zero-order chi connectivity index (χ0) is 23.2. The van der Waals surface area contributed by atoms with E-state index >= 15 is 0 Å². The second-order valence-electron chi connectivity index (χ2n) is 8.50. The van der Waals surface area contributed by atoms with Crippen LogP contribution >= 0.6 is 11.6 Å². The molecule has 2 aliphatic rings. The van der Waals surface area contributed by atoms with Gasteiger partial charge in [0.1, 0.15) is 24.0 Å². The molecular formula is C23H23ClFN3O4S. The summed E-state index contributed by atoms with van der Waals surface area (Å²) in [4.78, 5) is 8.75. The van der Waals surface area contributed by atoms with Gasteiger partial charge in [-0.25, -0.2) is 18.6 Å². The van der Waals surface area contributed by atoms with Crippen LogP contribution in [0.2, 0.25) is 5.02 Å². The quantitative estimate of drug-likeness (QED) is 0.529. The second-order valence-corrected chi connectivity index (χ2v) is 11.4. The van der Waals surface area contributed by atoms with Gasteiger partial charge in [-0.05, 0) is 24.6 Å². The highest BCUT2D eigenvalue weighted by Gasteiger charge is 2.43. The predicted molar refractivity (Wildman–Crippen MR) is 124 cm³/mol. The van der Waals surface area contributed by atoms with Crippen LogP contribution < -0.4 is 4.74 Å². The number of benzene rings is 2. The van der Waals surface area contributed by atoms with Gasteiger partial charge < -0.3 is 14.2 Å². The van der Waals surface area contributed by atoms with Crippen molar-refractivity contribution >= 4 is 37.9 Å². The lowest BCUT2D eigenvalue weighted by atomic mass is 10.0. The van der Waals surface area contributed by atoms with Crippen molar-refractivity contribution in [2.45, 2.75) is 31.2 Å². The summed E-state index contributed by atoms with van der Waals surface area (Å²) in [7, 11) is -2.35. The summed E-state index contributed by atoms with van der Waals surface area (Å²) in [5, 5.41) is 1.07. The minimum Gasteiger partial charge on any atom is -0.485 e. The Morgan fingerprint density at radius 2 is 2.09 bits per heavy atom. The van der Waals surface area contributed by atoms with Gasteiger partial charge in [0.15, 0.2) is 6.10 Å². The van der Waals surface area contributed by atoms with E-state index < -0.39 is 15.5 Å². The number of nitrogens with zero attached hydrogens (tertiary/aromatic N) is 3. The normalized spacial score (nSPS) is 22.5. The molecule has 0 aliphatic carbocycles. The maximum Gasteiger partial charge on any atom is 0.150 e. The molecule has 3 aromatic rings. The van der Waals surface area contributed by atoms with E-state index in [4.69, 9.17) is 25.8 Å². The van der Waals surface area contributed by atoms with Crippen LogP contribution in [-0.2, 0) is 25.6 Å². The first-order valence-corrected chi connectivity index (χ1v) is 13.3. The van der Waals surface area contributed by atoms with Gasteiger partial charge in [-0.3, -0.25) is 0 Å². The molecule has 5 rings (SSSR count). The van der Waals surface area contributed by atoms with Gasteiger partial charge in [-0.2, -0.15) is 4.36 Å². The predicted octanol–water partition coefficient (Wildman–Crippen LogP) is 4.31. The van der Waals surface area contributed by atoms with E-state index in [2.05, 4.69) is 14.3 Å². The second kappa shape index (κ2) is 8.79. The standard InChI is InChI=1S/C23H23ClFN3O4S/c1-33(2,29)28-15-9-16(24)22-17(26-12-27-18(22)10-15)7-13-3-4-14(25)8-20(13)32-21-11-31-19-5-6-30-23(19)21/h3-4,8-10,12,19,21,23H,5-7,11H2,1-2H3/t19-,21-,23+/m1/s1. The smallest absolute Gasteiger partial charge is 0.150 e. The Bertz CT molecular complexity index is 1340. The highest BCUT2D eigenvalue weighted by atomic mass is 35.5. The van der Waals surface area contributed by atoms with Crippen molar-refractivity contribution in [2.75, 3.05) is 25.7 Å². The van der Waals surface area contributed by atoms with Crippen LogP contribution in [0.4, 0.5) is 10.1 Å². The molecule has 7 nitrogen and oxygen atoms in total. The molecule has 0 bridgehead atoms. The first-order chi connectivity index (χ1) is 15.8. The Labute approximate surface area is 196 Å². The lowest BCUT2D eigenvalue weighted by molar-refractivity contribution is 0.0304. The van der Waals surface area contributed by atoms with Crippen LogP contribution in [0.15, 0.2) is 41.0 Å². The third-order valence-corrected chi connectivity index (χ3v) is 6.61. The van der Waals surface area contributed by atoms with E-state index in [0.717, 1.165) is 12.0 Å². The summed E-state index contributed by atoms with van der Waals surface area (Å²) in [5.41, 5.74) is 2.50. The molecule has 2 saturated heterocycles. The minimum atomic E-state index is -2.35. The van der Waals surface area contributed by atoms with Crippen molar-refractivity contribution in [2.24, 2.45) is 4.36 Å². The monoisotopic (exact) mass is 491 g/mol. The first kappa shape index (κ1) is 22.5. The van der Waals surface area contributed by atoms with Crippen LogP contribution in [0.25, 0.3) is 10.9 Å². The average molecular weight is 492 g/mol. The Hall–Kier alpha value is -2.33. The molecule has 0 amide bonds. The summed E-state index contributed by atoms with van der Waals surface area (Å²) in [6.07, 6.45) is 5.32. The topological polar surface area (TPSA) is 82.9 Å². The van der Waals surface area contributed by atoms with Gasteiger partial charge >= 0.3 is 0 Å². The van der Waals surface area contributed by atoms with E-state index in [1.54, 1.807) is 30.7 Å². The van der Waals surface area contributed by atoms with Crippen molar-refractivity contribution in [1.82, 2.24) is 9.97 Å². The summed E-state index contributed by atoms with van der Waals surface area (Å²) in [5.74, 6) is 0.0297. The van der Waals surface area contributed by atoms with E-state index in [-0.39, 0.29) is 18.3 Å². The summed E-state index contributed by atoms with van der Waals surface area (Å²) >= 11 is 6.57. The van der Waals surface area contributed by atoms with E-state index in [1.165, 1.54) is 18.5 Å². The van der Waals surface area contributed by atoms with Crippen molar-refractivity contribution in [3.05, 3.63) is 58.8 Å². The van der Waals surface area contributed by atoms with Gasteiger partial charge in [-0.1, -0.05) is 17.7 Å². The molecule has 2 aliphatic heterocycles. The van der Waals surface area contributed by atoms with E-state index in [9.17, 15) is 8.60 Å². The molecular weight excluding hydrogens is 469 g/mol. The number of fused-ring (bicyclic) bond motifs is 2. The number of ether oxygens (including phenoxy) is 3. The maximum absolute atomic E-state index is 14.1. The Morgan fingerprint density at radius 1 is 1.24 bits per heavy atom. The first-order valence-electron chi connectivity index (χ1n) is 10.6. The van der Waals surface area contributed by atoms with E-state index in [0.29, 0.717) is 52.7 Å². The third kappa shape index (κ3) is 4.82. The summed E-state index contributed by atoms with van der Waals surface area (Å²) < 4.78 is 48.1. The molecule has 0 N–H and O–H groups in total. The molecule has 3 atom stereocenters. The van der Waals surface area contributed by atoms with Crippen LogP contribution in [0.1, 0.15) is 17.7 Å². The Morgan fingerprint density at radius 3 is 2.91 bits per heavy atom. The lowest BCUT2D eigenvalue weighted by Crippen LogP contribution is -2.32. The molecule has 10 heteroatoms. The molecule has 0 radical (unpaired) electrons. The molecule has 174 valence electrons. The molecule has 0 spiro atoms. The molecule has 0 saturated carbocycles. The van der Waals surface area contributed by atoms with Crippen molar-refractivity contribution in [1.29, 1.82) is 0 Å². The largest absolute Gasteiger partial charge is 0.485 e. The van der Waals surface area contributed by atoms with Crippen molar-refractivity contribution in [3.8, 4) is 5.75 Å². The SMILES string of the molecule is CS(C)(=O)=Nc1cc(Cl)c2c(Cc3ccc(F)cc3O[C@@H]3CO[C@@H]4CCO[C@@H]43)ncnc2c1. The number of rotatable bonds is 5. The zero-order valence-electron chi connectivity index (χ0n) is 18.2. The van der Waals surface area contributed by atoms with Crippen LogP contribution in [0.3, 0.4) is 0 Å². The molecule has 2 aromatic carbocycles. The van der Waals surface area contributed by atoms with Crippen LogP contribution in [0.5, 0.6) is 5.75 Å². The minimum absolute atomic E-state index is 0.0252. The summed E-state index contributed by atoms with van der Waals surface area (Å²) in [6.45, 7) is 1.04. The van der Waals surface area contributed by atoms with Gasteiger partial charge in [0.05, 0.1) is 34.6 Å². The summed E-state index contributed by atoms with van der Waals surface area (Å²) in [6, 6.07) is 7.83. The Kier molecular flexibility index (Phi) is 5.98. The van der Waals surface area contributed by atoms with Crippen LogP contribution in [-0.4, -0.2) is 58.2 Å². The van der Waals surface area contributed by atoms with Gasteiger partial charge in [-0.15, -0.1) is 0 Å². The highest BCUT2D eigenvalue weighted by molar-refractivity contribution is 7.92. The maximum atomic E-state index is 14.1. The molecule has 0 unspecified atom stereocenters. The Balaban J connectivity index is 1.49. The number of hydrogen-bond acceptors (Lipinski definition) is 7.